The average Bonchev–Trinajstić information content (AvgIpc) is 2.65. The van der Waals surface area contributed by atoms with Crippen molar-refractivity contribution in [3.05, 3.63) is 0 Å². The van der Waals surface area contributed by atoms with Gasteiger partial charge in [-0.3, -0.25) is 4.79 Å². The van der Waals surface area contributed by atoms with Crippen LogP contribution in [-0.4, -0.2) is 41.0 Å². The third kappa shape index (κ3) is 2.92. The second kappa shape index (κ2) is 5.11. The molecule has 0 bridgehead atoms. The molecule has 0 spiro atoms. The van der Waals surface area contributed by atoms with E-state index in [-0.39, 0.29) is 11.8 Å². The van der Waals surface area contributed by atoms with E-state index in [0.717, 1.165) is 6.42 Å². The highest BCUT2D eigenvalue weighted by Gasteiger charge is 2.33. The van der Waals surface area contributed by atoms with Crippen molar-refractivity contribution < 1.29 is 14.7 Å². The molecule has 1 rings (SSSR count). The van der Waals surface area contributed by atoms with Crippen LogP contribution in [-0.2, 0) is 9.59 Å². The van der Waals surface area contributed by atoms with Crippen LogP contribution < -0.4 is 5.73 Å². The van der Waals surface area contributed by atoms with Crippen molar-refractivity contribution in [2.45, 2.75) is 32.2 Å². The van der Waals surface area contributed by atoms with E-state index in [0.29, 0.717) is 25.9 Å². The van der Waals surface area contributed by atoms with Crippen LogP contribution in [0.3, 0.4) is 0 Å². The molecule has 0 aliphatic carbocycles. The summed E-state index contributed by atoms with van der Waals surface area (Å²) >= 11 is 0. The van der Waals surface area contributed by atoms with Gasteiger partial charge in [0.05, 0.1) is 0 Å². The lowest BCUT2D eigenvalue weighted by atomic mass is 10.1. The molecule has 86 valence electrons. The van der Waals surface area contributed by atoms with E-state index in [4.69, 9.17) is 10.8 Å². The zero-order valence-corrected chi connectivity index (χ0v) is 8.98. The van der Waals surface area contributed by atoms with Crippen LogP contribution in [0.5, 0.6) is 0 Å². The smallest absolute Gasteiger partial charge is 0.326 e. The molecular weight excluding hydrogens is 196 g/mol. The predicted octanol–water partition coefficient (Wildman–Crippen LogP) is 0.0469. The Hall–Kier alpha value is -1.10. The molecule has 1 heterocycles. The van der Waals surface area contributed by atoms with Crippen molar-refractivity contribution >= 4 is 11.9 Å². The maximum Gasteiger partial charge on any atom is 0.326 e. The molecule has 1 amide bonds. The second-order valence-corrected chi connectivity index (χ2v) is 4.13. The minimum Gasteiger partial charge on any atom is -0.480 e. The van der Waals surface area contributed by atoms with E-state index < -0.39 is 12.0 Å². The van der Waals surface area contributed by atoms with Crippen LogP contribution in [0.4, 0.5) is 0 Å². The monoisotopic (exact) mass is 214 g/mol. The zero-order chi connectivity index (χ0) is 11.4. The first kappa shape index (κ1) is 12.0. The van der Waals surface area contributed by atoms with Gasteiger partial charge < -0.3 is 15.7 Å². The molecule has 3 N–H and O–H groups in total. The molecule has 0 aromatic carbocycles. The van der Waals surface area contributed by atoms with Gasteiger partial charge in [-0.1, -0.05) is 6.92 Å². The van der Waals surface area contributed by atoms with Crippen molar-refractivity contribution in [3.63, 3.8) is 0 Å². The number of aliphatic carboxylic acids is 1. The van der Waals surface area contributed by atoms with Crippen molar-refractivity contribution in [1.82, 2.24) is 4.90 Å². The molecule has 15 heavy (non-hydrogen) atoms. The molecule has 0 radical (unpaired) electrons. The number of carboxylic acid groups (broad SMARTS) is 1. The largest absolute Gasteiger partial charge is 0.480 e. The number of nitrogens with zero attached hydrogens (tertiary/aromatic N) is 1. The lowest BCUT2D eigenvalue weighted by Crippen LogP contribution is -2.41. The van der Waals surface area contributed by atoms with Gasteiger partial charge in [-0.2, -0.15) is 0 Å². The third-order valence-corrected chi connectivity index (χ3v) is 2.78. The Bertz CT molecular complexity index is 255. The Kier molecular flexibility index (Phi) is 4.08. The molecule has 1 fully saturated rings. The molecule has 1 unspecified atom stereocenters. The summed E-state index contributed by atoms with van der Waals surface area (Å²) in [5.74, 6) is -0.869. The van der Waals surface area contributed by atoms with Crippen LogP contribution in [0.15, 0.2) is 0 Å². The van der Waals surface area contributed by atoms with Crippen molar-refractivity contribution in [1.29, 1.82) is 0 Å². The number of hydrogen-bond acceptors (Lipinski definition) is 3. The van der Waals surface area contributed by atoms with Crippen LogP contribution in [0.1, 0.15) is 26.2 Å². The highest BCUT2D eigenvalue weighted by atomic mass is 16.4. The van der Waals surface area contributed by atoms with Gasteiger partial charge in [-0.25, -0.2) is 4.79 Å². The van der Waals surface area contributed by atoms with Gasteiger partial charge in [-0.05, 0) is 25.3 Å². The summed E-state index contributed by atoms with van der Waals surface area (Å²) in [6, 6.07) is -0.623. The lowest BCUT2D eigenvalue weighted by Gasteiger charge is -2.22. The topological polar surface area (TPSA) is 83.6 Å². The van der Waals surface area contributed by atoms with E-state index in [1.807, 2.05) is 6.92 Å². The number of likely N-dealkylation sites (tertiary alicyclic amines) is 1. The number of carbonyl (C=O) groups is 2. The number of nitrogens with two attached hydrogens (primary N) is 1. The lowest BCUT2D eigenvalue weighted by molar-refractivity contribution is -0.148. The summed E-state index contributed by atoms with van der Waals surface area (Å²) in [5, 5.41) is 8.91. The summed E-state index contributed by atoms with van der Waals surface area (Å²) in [7, 11) is 0. The summed E-state index contributed by atoms with van der Waals surface area (Å²) < 4.78 is 0. The number of carboxylic acids is 1. The quantitative estimate of drug-likeness (QED) is 0.692. The Morgan fingerprint density at radius 1 is 1.60 bits per heavy atom. The molecule has 5 nitrogen and oxygen atoms in total. The van der Waals surface area contributed by atoms with Crippen LogP contribution in [0, 0.1) is 5.92 Å². The van der Waals surface area contributed by atoms with Crippen molar-refractivity contribution in [2.24, 2.45) is 11.7 Å². The SMILES string of the molecule is CC(CN)CC(=O)N1CCC[C@@H]1C(=O)O. The van der Waals surface area contributed by atoms with Gasteiger partial charge in [-0.15, -0.1) is 0 Å². The van der Waals surface area contributed by atoms with E-state index in [2.05, 4.69) is 0 Å². The van der Waals surface area contributed by atoms with E-state index in [9.17, 15) is 9.59 Å². The van der Waals surface area contributed by atoms with Gasteiger partial charge in [0.25, 0.3) is 0 Å². The minimum absolute atomic E-state index is 0.0853. The Morgan fingerprint density at radius 3 is 2.80 bits per heavy atom. The first-order valence-electron chi connectivity index (χ1n) is 5.28. The maximum absolute atomic E-state index is 11.7. The molecule has 5 heteroatoms. The Labute approximate surface area is 89.2 Å². The van der Waals surface area contributed by atoms with Gasteiger partial charge in [0, 0.05) is 13.0 Å². The summed E-state index contributed by atoms with van der Waals surface area (Å²) in [6.45, 7) is 2.91. The highest BCUT2D eigenvalue weighted by molar-refractivity contribution is 5.84. The first-order valence-corrected chi connectivity index (χ1v) is 5.28. The first-order chi connectivity index (χ1) is 7.06. The number of rotatable bonds is 4. The molecule has 0 saturated carbocycles. The summed E-state index contributed by atoms with van der Waals surface area (Å²) in [4.78, 5) is 24.1. The molecule has 1 aliphatic heterocycles. The van der Waals surface area contributed by atoms with E-state index in [1.54, 1.807) is 0 Å². The van der Waals surface area contributed by atoms with Crippen molar-refractivity contribution in [3.8, 4) is 0 Å². The number of amides is 1. The number of hydrogen-bond donors (Lipinski definition) is 2. The van der Waals surface area contributed by atoms with Gasteiger partial charge in [0.1, 0.15) is 6.04 Å². The Balaban J connectivity index is 2.55. The van der Waals surface area contributed by atoms with Crippen LogP contribution in [0.2, 0.25) is 0 Å². The second-order valence-electron chi connectivity index (χ2n) is 4.13. The molecule has 1 aliphatic rings. The molecule has 1 saturated heterocycles. The van der Waals surface area contributed by atoms with Crippen LogP contribution >= 0.6 is 0 Å². The molecule has 0 aromatic heterocycles. The third-order valence-electron chi connectivity index (χ3n) is 2.78. The number of carbonyl (C=O) groups excluding carboxylic acids is 1. The minimum atomic E-state index is -0.902. The highest BCUT2D eigenvalue weighted by Crippen LogP contribution is 2.19. The fourth-order valence-corrected chi connectivity index (χ4v) is 1.82. The summed E-state index contributed by atoms with van der Waals surface area (Å²) in [6.07, 6.45) is 1.69. The Morgan fingerprint density at radius 2 is 2.27 bits per heavy atom. The van der Waals surface area contributed by atoms with E-state index in [1.165, 1.54) is 4.90 Å². The molecule has 2 atom stereocenters. The van der Waals surface area contributed by atoms with E-state index >= 15 is 0 Å². The van der Waals surface area contributed by atoms with Gasteiger partial charge >= 0.3 is 5.97 Å². The van der Waals surface area contributed by atoms with Gasteiger partial charge in [0.15, 0.2) is 0 Å². The fourth-order valence-electron chi connectivity index (χ4n) is 1.82. The standard InChI is InChI=1S/C10H18N2O3/c1-7(6-11)5-9(13)12-4-2-3-8(12)10(14)15/h7-8H,2-6,11H2,1H3,(H,14,15)/t7?,8-/m1/s1. The zero-order valence-electron chi connectivity index (χ0n) is 8.98. The normalized spacial score (nSPS) is 22.8. The van der Waals surface area contributed by atoms with Gasteiger partial charge in [0.2, 0.25) is 5.91 Å². The molecule has 0 aromatic rings. The van der Waals surface area contributed by atoms with Crippen LogP contribution in [0.25, 0.3) is 0 Å². The van der Waals surface area contributed by atoms with Crippen molar-refractivity contribution in [2.75, 3.05) is 13.1 Å². The summed E-state index contributed by atoms with van der Waals surface area (Å²) in [5.41, 5.74) is 5.43. The predicted molar refractivity (Wildman–Crippen MR) is 55.2 cm³/mol. The maximum atomic E-state index is 11.7. The fraction of sp³-hybridized carbons (Fsp3) is 0.800. The average molecular weight is 214 g/mol. The molecular formula is C10H18N2O3.